The first-order valence-electron chi connectivity index (χ1n) is 8.62. The summed E-state index contributed by atoms with van der Waals surface area (Å²) in [6.07, 6.45) is 11.3. The Morgan fingerprint density at radius 1 is 0.900 bits per heavy atom. The van der Waals surface area contributed by atoms with Gasteiger partial charge in [-0.1, -0.05) is 19.3 Å². The quantitative estimate of drug-likeness (QED) is 0.862. The van der Waals surface area contributed by atoms with E-state index in [9.17, 15) is 4.79 Å². The van der Waals surface area contributed by atoms with Crippen molar-refractivity contribution in [2.75, 3.05) is 26.2 Å². The molecule has 3 fully saturated rings. The second kappa shape index (κ2) is 6.79. The van der Waals surface area contributed by atoms with E-state index in [1.54, 1.807) is 0 Å². The normalized spacial score (nSPS) is 29.0. The second-order valence-electron chi connectivity index (χ2n) is 6.78. The number of nitrogens with one attached hydrogen (secondary N) is 1. The van der Waals surface area contributed by atoms with Gasteiger partial charge >= 0.3 is 6.03 Å². The number of amides is 2. The van der Waals surface area contributed by atoms with Crippen LogP contribution in [-0.2, 0) is 0 Å². The van der Waals surface area contributed by atoms with Gasteiger partial charge < -0.3 is 15.1 Å². The lowest BCUT2D eigenvalue weighted by Crippen LogP contribution is -2.50. The van der Waals surface area contributed by atoms with E-state index in [0.29, 0.717) is 12.1 Å². The monoisotopic (exact) mass is 279 g/mol. The Kier molecular flexibility index (Phi) is 4.81. The van der Waals surface area contributed by atoms with Gasteiger partial charge in [0, 0.05) is 25.2 Å². The summed E-state index contributed by atoms with van der Waals surface area (Å²) in [7, 11) is 0. The molecule has 3 rings (SSSR count). The molecule has 0 aromatic heterocycles. The molecule has 2 amide bonds. The Balaban J connectivity index is 1.49. The van der Waals surface area contributed by atoms with Crippen LogP contribution in [0.3, 0.4) is 0 Å². The van der Waals surface area contributed by atoms with Crippen molar-refractivity contribution < 1.29 is 4.79 Å². The lowest BCUT2D eigenvalue weighted by atomic mass is 9.96. The summed E-state index contributed by atoms with van der Waals surface area (Å²) in [6.45, 7) is 4.51. The first-order valence-corrected chi connectivity index (χ1v) is 8.62. The topological polar surface area (TPSA) is 35.6 Å². The third-order valence-corrected chi connectivity index (χ3v) is 5.24. The standard InChI is InChI=1S/C16H29N3O/c20-16(17-14-7-2-1-3-8-14)19-12-6-9-15(19)13-18-10-4-5-11-18/h14-15H,1-13H2,(H,17,20)/t15-/m1/s1. The van der Waals surface area contributed by atoms with Gasteiger partial charge in [0.2, 0.25) is 0 Å². The molecule has 0 aromatic rings. The van der Waals surface area contributed by atoms with Crippen LogP contribution in [0.4, 0.5) is 4.79 Å². The Morgan fingerprint density at radius 3 is 2.40 bits per heavy atom. The van der Waals surface area contributed by atoms with Crippen LogP contribution in [0.2, 0.25) is 0 Å². The molecule has 20 heavy (non-hydrogen) atoms. The molecule has 4 nitrogen and oxygen atoms in total. The molecule has 2 saturated heterocycles. The van der Waals surface area contributed by atoms with Crippen molar-refractivity contribution in [1.82, 2.24) is 15.1 Å². The highest BCUT2D eigenvalue weighted by Gasteiger charge is 2.31. The average Bonchev–Trinajstić information content (AvgIpc) is 3.12. The SMILES string of the molecule is O=C(NC1CCCCC1)N1CCC[C@@H]1CN1CCCC1. The summed E-state index contributed by atoms with van der Waals surface area (Å²) in [4.78, 5) is 17.2. The third kappa shape index (κ3) is 3.46. The fourth-order valence-electron chi connectivity index (χ4n) is 4.06. The molecular weight excluding hydrogens is 250 g/mol. The number of rotatable bonds is 3. The number of hydrogen-bond donors (Lipinski definition) is 1. The summed E-state index contributed by atoms with van der Waals surface area (Å²) in [5, 5.41) is 3.28. The molecule has 0 radical (unpaired) electrons. The molecule has 114 valence electrons. The van der Waals surface area contributed by atoms with Crippen LogP contribution in [0.5, 0.6) is 0 Å². The van der Waals surface area contributed by atoms with Gasteiger partial charge in [0.1, 0.15) is 0 Å². The summed E-state index contributed by atoms with van der Waals surface area (Å²) in [5.41, 5.74) is 0. The number of urea groups is 1. The molecule has 1 aliphatic carbocycles. The van der Waals surface area contributed by atoms with Crippen molar-refractivity contribution in [1.29, 1.82) is 0 Å². The number of hydrogen-bond acceptors (Lipinski definition) is 2. The smallest absolute Gasteiger partial charge is 0.317 e. The van der Waals surface area contributed by atoms with Crippen molar-refractivity contribution in [3.05, 3.63) is 0 Å². The number of carbonyl (C=O) groups is 1. The Bertz CT molecular complexity index is 322. The maximum absolute atomic E-state index is 12.5. The highest BCUT2D eigenvalue weighted by molar-refractivity contribution is 5.75. The van der Waals surface area contributed by atoms with Gasteiger partial charge in [-0.05, 0) is 51.6 Å². The second-order valence-corrected chi connectivity index (χ2v) is 6.78. The molecular formula is C16H29N3O. The van der Waals surface area contributed by atoms with E-state index in [1.807, 2.05) is 0 Å². The van der Waals surface area contributed by atoms with E-state index < -0.39 is 0 Å². The van der Waals surface area contributed by atoms with E-state index in [0.717, 1.165) is 13.1 Å². The highest BCUT2D eigenvalue weighted by atomic mass is 16.2. The first kappa shape index (κ1) is 14.2. The number of likely N-dealkylation sites (tertiary alicyclic amines) is 2. The van der Waals surface area contributed by atoms with Gasteiger partial charge in [-0.15, -0.1) is 0 Å². The van der Waals surface area contributed by atoms with Gasteiger partial charge in [-0.3, -0.25) is 0 Å². The van der Waals surface area contributed by atoms with E-state index in [-0.39, 0.29) is 6.03 Å². The molecule has 2 aliphatic heterocycles. The lowest BCUT2D eigenvalue weighted by Gasteiger charge is -2.31. The predicted molar refractivity (Wildman–Crippen MR) is 80.8 cm³/mol. The maximum Gasteiger partial charge on any atom is 0.317 e. The molecule has 4 heteroatoms. The zero-order valence-corrected chi connectivity index (χ0v) is 12.6. The van der Waals surface area contributed by atoms with Gasteiger partial charge in [0.25, 0.3) is 0 Å². The molecule has 3 aliphatic rings. The Labute approximate surface area is 122 Å². The molecule has 1 atom stereocenters. The van der Waals surface area contributed by atoms with Crippen molar-refractivity contribution in [2.45, 2.75) is 69.9 Å². The predicted octanol–water partition coefficient (Wildman–Crippen LogP) is 2.59. The highest BCUT2D eigenvalue weighted by Crippen LogP contribution is 2.22. The van der Waals surface area contributed by atoms with Crippen LogP contribution in [0, 0.1) is 0 Å². The maximum atomic E-state index is 12.5. The molecule has 1 N–H and O–H groups in total. The van der Waals surface area contributed by atoms with Crippen molar-refractivity contribution in [3.8, 4) is 0 Å². The minimum absolute atomic E-state index is 0.207. The van der Waals surface area contributed by atoms with Crippen LogP contribution in [0.25, 0.3) is 0 Å². The molecule has 1 saturated carbocycles. The van der Waals surface area contributed by atoms with Crippen LogP contribution >= 0.6 is 0 Å². The zero-order valence-electron chi connectivity index (χ0n) is 12.6. The van der Waals surface area contributed by atoms with Gasteiger partial charge in [0.15, 0.2) is 0 Å². The first-order chi connectivity index (χ1) is 9.83. The summed E-state index contributed by atoms with van der Waals surface area (Å²) < 4.78 is 0. The van der Waals surface area contributed by atoms with Gasteiger partial charge in [0.05, 0.1) is 0 Å². The van der Waals surface area contributed by atoms with Crippen LogP contribution in [0.15, 0.2) is 0 Å². The van der Waals surface area contributed by atoms with Crippen molar-refractivity contribution in [3.63, 3.8) is 0 Å². The fraction of sp³-hybridized carbons (Fsp3) is 0.938. The molecule has 2 heterocycles. The summed E-state index contributed by atoms with van der Waals surface area (Å²) in [6, 6.07) is 1.10. The van der Waals surface area contributed by atoms with Gasteiger partial charge in [-0.2, -0.15) is 0 Å². The van der Waals surface area contributed by atoms with E-state index in [2.05, 4.69) is 15.1 Å². The minimum atomic E-state index is 0.207. The van der Waals surface area contributed by atoms with Gasteiger partial charge in [-0.25, -0.2) is 4.79 Å². The fourth-order valence-corrected chi connectivity index (χ4v) is 4.06. The largest absolute Gasteiger partial charge is 0.335 e. The molecule has 0 unspecified atom stereocenters. The Morgan fingerprint density at radius 2 is 1.65 bits per heavy atom. The number of nitrogens with zero attached hydrogens (tertiary/aromatic N) is 2. The lowest BCUT2D eigenvalue weighted by molar-refractivity contribution is 0.169. The molecule has 0 aromatic carbocycles. The zero-order chi connectivity index (χ0) is 13.8. The van der Waals surface area contributed by atoms with E-state index in [1.165, 1.54) is 70.9 Å². The van der Waals surface area contributed by atoms with Crippen LogP contribution in [-0.4, -0.2) is 54.1 Å². The summed E-state index contributed by atoms with van der Waals surface area (Å²) in [5.74, 6) is 0. The number of carbonyl (C=O) groups excluding carboxylic acids is 1. The van der Waals surface area contributed by atoms with E-state index >= 15 is 0 Å². The van der Waals surface area contributed by atoms with E-state index in [4.69, 9.17) is 0 Å². The van der Waals surface area contributed by atoms with Crippen molar-refractivity contribution in [2.24, 2.45) is 0 Å². The summed E-state index contributed by atoms with van der Waals surface area (Å²) >= 11 is 0. The molecule has 0 spiro atoms. The van der Waals surface area contributed by atoms with Crippen LogP contribution in [0.1, 0.15) is 57.8 Å². The minimum Gasteiger partial charge on any atom is -0.335 e. The average molecular weight is 279 g/mol. The van der Waals surface area contributed by atoms with Crippen LogP contribution < -0.4 is 5.32 Å². The Hall–Kier alpha value is -0.770. The molecule has 0 bridgehead atoms. The third-order valence-electron chi connectivity index (χ3n) is 5.24. The van der Waals surface area contributed by atoms with Crippen molar-refractivity contribution >= 4 is 6.03 Å².